The second kappa shape index (κ2) is 6.86. The summed E-state index contributed by atoms with van der Waals surface area (Å²) in [7, 11) is 0. The van der Waals surface area contributed by atoms with Crippen molar-refractivity contribution in [1.29, 1.82) is 0 Å². The van der Waals surface area contributed by atoms with E-state index in [0.29, 0.717) is 17.8 Å². The summed E-state index contributed by atoms with van der Waals surface area (Å²) in [6.07, 6.45) is 8.19. The zero-order chi connectivity index (χ0) is 20.3. The van der Waals surface area contributed by atoms with Crippen LogP contribution < -0.4 is 0 Å². The van der Waals surface area contributed by atoms with Crippen LogP contribution in [0.4, 0.5) is 0 Å². The van der Waals surface area contributed by atoms with E-state index in [0.717, 1.165) is 44.9 Å². The van der Waals surface area contributed by atoms with E-state index in [1.54, 1.807) is 0 Å². The maximum absolute atomic E-state index is 11.5. The van der Waals surface area contributed by atoms with Crippen molar-refractivity contribution in [1.82, 2.24) is 0 Å². The van der Waals surface area contributed by atoms with Gasteiger partial charge in [0.2, 0.25) is 0 Å². The van der Waals surface area contributed by atoms with Crippen molar-refractivity contribution in [3.05, 3.63) is 11.6 Å². The first kappa shape index (κ1) is 19.9. The monoisotopic (exact) mass is 390 g/mol. The highest BCUT2D eigenvalue weighted by molar-refractivity contribution is 5.66. The molecule has 5 heteroatoms. The molecule has 3 unspecified atom stereocenters. The van der Waals surface area contributed by atoms with E-state index in [1.807, 2.05) is 0 Å². The molecule has 28 heavy (non-hydrogen) atoms. The molecule has 156 valence electrons. The molecule has 4 rings (SSSR count). The Morgan fingerprint density at radius 3 is 2.46 bits per heavy atom. The maximum Gasteiger partial charge on any atom is 0.302 e. The number of fused-ring (bicyclic) bond motifs is 5. The molecule has 0 radical (unpaired) electrons. The van der Waals surface area contributed by atoms with Gasteiger partial charge in [0.15, 0.2) is 0 Å². The zero-order valence-electron chi connectivity index (χ0n) is 17.6. The van der Waals surface area contributed by atoms with E-state index >= 15 is 0 Å². The van der Waals surface area contributed by atoms with Crippen LogP contribution in [0.2, 0.25) is 0 Å². The number of carbonyl (C=O) groups excluding carboxylic acids is 2. The van der Waals surface area contributed by atoms with Gasteiger partial charge in [-0.15, -0.1) is 0 Å². The lowest BCUT2D eigenvalue weighted by molar-refractivity contribution is -0.154. The van der Waals surface area contributed by atoms with Crippen molar-refractivity contribution in [2.24, 2.45) is 28.6 Å². The molecule has 0 saturated heterocycles. The van der Waals surface area contributed by atoms with Crippen LogP contribution >= 0.6 is 0 Å². The largest absolute Gasteiger partial charge is 0.462 e. The minimum absolute atomic E-state index is 0.0175. The van der Waals surface area contributed by atoms with Gasteiger partial charge in [0.25, 0.3) is 0 Å². The molecule has 1 N–H and O–H groups in total. The normalized spacial score (nSPS) is 47.2. The van der Waals surface area contributed by atoms with Crippen LogP contribution in [0, 0.1) is 28.6 Å². The summed E-state index contributed by atoms with van der Waals surface area (Å²) in [5.74, 6) is 1.00. The van der Waals surface area contributed by atoms with Crippen LogP contribution in [0.25, 0.3) is 0 Å². The van der Waals surface area contributed by atoms with Gasteiger partial charge in [-0.1, -0.05) is 25.5 Å². The lowest BCUT2D eigenvalue weighted by atomic mass is 9.48. The number of allylic oxidation sites excluding steroid dienone is 1. The highest BCUT2D eigenvalue weighted by Gasteiger charge is 2.61. The number of carbonyl (C=O) groups is 2. The van der Waals surface area contributed by atoms with Crippen molar-refractivity contribution >= 4 is 11.9 Å². The van der Waals surface area contributed by atoms with Gasteiger partial charge >= 0.3 is 11.9 Å². The van der Waals surface area contributed by atoms with Gasteiger partial charge in [-0.3, -0.25) is 9.59 Å². The Labute approximate surface area is 167 Å². The summed E-state index contributed by atoms with van der Waals surface area (Å²) >= 11 is 0. The number of esters is 2. The molecule has 0 aliphatic heterocycles. The van der Waals surface area contributed by atoms with E-state index in [1.165, 1.54) is 19.4 Å². The van der Waals surface area contributed by atoms with Crippen LogP contribution in [-0.2, 0) is 19.1 Å². The van der Waals surface area contributed by atoms with Crippen LogP contribution in [0.5, 0.6) is 0 Å². The van der Waals surface area contributed by atoms with Crippen molar-refractivity contribution < 1.29 is 24.2 Å². The second-order valence-corrected chi connectivity index (χ2v) is 10.1. The molecule has 0 aromatic heterocycles. The lowest BCUT2D eigenvalue weighted by Crippen LogP contribution is -2.51. The highest BCUT2D eigenvalue weighted by Crippen LogP contribution is 2.65. The Morgan fingerprint density at radius 1 is 1.07 bits per heavy atom. The fourth-order valence-electron chi connectivity index (χ4n) is 7.25. The first-order valence-electron chi connectivity index (χ1n) is 10.9. The summed E-state index contributed by atoms with van der Waals surface area (Å²) in [4.78, 5) is 22.9. The number of hydrogen-bond acceptors (Lipinski definition) is 5. The van der Waals surface area contributed by atoms with E-state index in [4.69, 9.17) is 9.47 Å². The van der Waals surface area contributed by atoms with Gasteiger partial charge in [0, 0.05) is 25.7 Å². The van der Waals surface area contributed by atoms with Gasteiger partial charge in [-0.05, 0) is 61.7 Å². The fraction of sp³-hybridized carbons (Fsp3) is 0.826. The van der Waals surface area contributed by atoms with Crippen molar-refractivity contribution in [2.75, 3.05) is 0 Å². The third-order valence-corrected chi connectivity index (χ3v) is 8.66. The Hall–Kier alpha value is -1.36. The molecular weight excluding hydrogens is 356 g/mol. The maximum atomic E-state index is 11.5. The van der Waals surface area contributed by atoms with Crippen molar-refractivity contribution in [3.63, 3.8) is 0 Å². The number of rotatable bonds is 2. The average molecular weight is 391 g/mol. The predicted molar refractivity (Wildman–Crippen MR) is 104 cm³/mol. The Bertz CT molecular complexity index is 699. The molecule has 3 fully saturated rings. The second-order valence-electron chi connectivity index (χ2n) is 10.1. The molecule has 3 saturated carbocycles. The summed E-state index contributed by atoms with van der Waals surface area (Å²) in [5, 5.41) is 11.0. The van der Waals surface area contributed by atoms with Gasteiger partial charge in [-0.2, -0.15) is 0 Å². The molecular formula is C23H34O5. The molecule has 4 aliphatic carbocycles. The van der Waals surface area contributed by atoms with Crippen LogP contribution in [0.15, 0.2) is 11.6 Å². The number of hydrogen-bond donors (Lipinski definition) is 1. The molecule has 0 amide bonds. The van der Waals surface area contributed by atoms with E-state index in [9.17, 15) is 14.7 Å². The van der Waals surface area contributed by atoms with Crippen molar-refractivity contribution in [2.45, 2.75) is 91.0 Å². The first-order chi connectivity index (χ1) is 13.1. The van der Waals surface area contributed by atoms with Gasteiger partial charge < -0.3 is 14.6 Å². The molecule has 0 bridgehead atoms. The van der Waals surface area contributed by atoms with E-state index in [-0.39, 0.29) is 35.0 Å². The minimum Gasteiger partial charge on any atom is -0.462 e. The van der Waals surface area contributed by atoms with Crippen LogP contribution in [0.3, 0.4) is 0 Å². The molecule has 0 aromatic rings. The SMILES string of the molecule is CC(=O)OC1CC[C@@]2(C)C(=CC[C@@H]3[C@H]2CC[C@]2(C)C(O)C(OC(C)=O)C[C@@H]32)C1. The number of aliphatic hydroxyl groups is 1. The third-order valence-electron chi connectivity index (χ3n) is 8.66. The molecule has 0 aromatic carbocycles. The first-order valence-corrected chi connectivity index (χ1v) is 10.9. The van der Waals surface area contributed by atoms with E-state index in [2.05, 4.69) is 19.9 Å². The molecule has 4 aliphatic rings. The number of ether oxygens (including phenoxy) is 2. The summed E-state index contributed by atoms with van der Waals surface area (Å²) in [6, 6.07) is 0. The third kappa shape index (κ3) is 3.01. The smallest absolute Gasteiger partial charge is 0.302 e. The molecule has 8 atom stereocenters. The minimum atomic E-state index is -0.569. The Balaban J connectivity index is 1.57. The Morgan fingerprint density at radius 2 is 1.79 bits per heavy atom. The van der Waals surface area contributed by atoms with Crippen LogP contribution in [0.1, 0.15) is 72.6 Å². The summed E-state index contributed by atoms with van der Waals surface area (Å²) in [5.41, 5.74) is 1.45. The molecule has 5 nitrogen and oxygen atoms in total. The standard InChI is InChI=1S/C23H34O5/c1-13(24)27-16-7-9-22(3)15(11-16)5-6-17-18(22)8-10-23(4)19(17)12-20(21(23)26)28-14(2)25/h5,16-21,26H,6-12H2,1-4H3/t16?,17-,18-,19+,20?,21?,22+,23+/m1/s1. The van der Waals surface area contributed by atoms with Gasteiger partial charge in [-0.25, -0.2) is 0 Å². The Kier molecular flexibility index (Phi) is 4.88. The topological polar surface area (TPSA) is 72.8 Å². The van der Waals surface area contributed by atoms with Crippen LogP contribution in [-0.4, -0.2) is 35.4 Å². The fourth-order valence-corrected chi connectivity index (χ4v) is 7.25. The van der Waals surface area contributed by atoms with Crippen molar-refractivity contribution in [3.8, 4) is 0 Å². The lowest BCUT2D eigenvalue weighted by Gasteiger charge is -2.57. The van der Waals surface area contributed by atoms with E-state index < -0.39 is 6.10 Å². The predicted octanol–water partition coefficient (Wildman–Crippen LogP) is 3.78. The quantitative estimate of drug-likeness (QED) is 0.574. The summed E-state index contributed by atoms with van der Waals surface area (Å²) in [6.45, 7) is 7.52. The molecule has 0 spiro atoms. The zero-order valence-corrected chi connectivity index (χ0v) is 17.6. The van der Waals surface area contributed by atoms with Gasteiger partial charge in [0.05, 0.1) is 6.10 Å². The van der Waals surface area contributed by atoms with Gasteiger partial charge in [0.1, 0.15) is 12.2 Å². The summed E-state index contributed by atoms with van der Waals surface area (Å²) < 4.78 is 11.0. The molecule has 0 heterocycles. The number of aliphatic hydroxyl groups excluding tert-OH is 1. The highest BCUT2D eigenvalue weighted by atomic mass is 16.6. The average Bonchev–Trinajstić information content (AvgIpc) is 2.86.